The number of hydrogen-bond donors (Lipinski definition) is 6. The van der Waals surface area contributed by atoms with Gasteiger partial charge in [0.15, 0.2) is 0 Å². The van der Waals surface area contributed by atoms with E-state index < -0.39 is 57.9 Å². The molecule has 0 aromatic rings. The quantitative estimate of drug-likeness (QED) is 0.168. The van der Waals surface area contributed by atoms with Gasteiger partial charge in [-0.3, -0.25) is 5.84 Å². The number of hydroxylamine groups is 2. The lowest BCUT2D eigenvalue weighted by Gasteiger charge is -2.52. The zero-order valence-electron chi connectivity index (χ0n) is 21.3. The van der Waals surface area contributed by atoms with Crippen molar-refractivity contribution in [3.63, 3.8) is 0 Å². The molecule has 2 aliphatic rings. The molecule has 2 heterocycles. The molecular formula is C22H41N3O9. The summed E-state index contributed by atoms with van der Waals surface area (Å²) in [5.41, 5.74) is -2.88. The SMILES string of the molecule is CC1(C)CC(OC(=O)C(O)(O)C(O)(O)C(=O)OC2CC(C)(C)N(O)C(C)(C)C2)CC(C)(C)N1N. The van der Waals surface area contributed by atoms with Crippen molar-refractivity contribution in [3.8, 4) is 0 Å². The van der Waals surface area contributed by atoms with Gasteiger partial charge in [0.05, 0.1) is 0 Å². The molecule has 0 amide bonds. The van der Waals surface area contributed by atoms with Gasteiger partial charge in [0.1, 0.15) is 12.2 Å². The predicted octanol–water partition coefficient (Wildman–Crippen LogP) is -0.259. The van der Waals surface area contributed by atoms with Gasteiger partial charge in [0.25, 0.3) is 0 Å². The molecule has 0 aliphatic carbocycles. The van der Waals surface area contributed by atoms with Crippen LogP contribution < -0.4 is 5.84 Å². The lowest BCUT2D eigenvalue weighted by molar-refractivity contribution is -0.341. The molecule has 2 aliphatic heterocycles. The molecule has 0 aromatic heterocycles. The van der Waals surface area contributed by atoms with Crippen molar-refractivity contribution in [2.75, 3.05) is 0 Å². The first kappa shape index (κ1) is 28.9. The number of aliphatic hydroxyl groups is 4. The Balaban J connectivity index is 2.15. The van der Waals surface area contributed by atoms with E-state index in [4.69, 9.17) is 15.3 Å². The maximum absolute atomic E-state index is 12.6. The number of nitrogens with two attached hydrogens (primary N) is 1. The summed E-state index contributed by atoms with van der Waals surface area (Å²) in [6.45, 7) is 14.1. The maximum Gasteiger partial charge on any atom is 0.373 e. The smallest absolute Gasteiger partial charge is 0.373 e. The minimum atomic E-state index is -4.01. The average molecular weight is 492 g/mol. The van der Waals surface area contributed by atoms with E-state index in [9.17, 15) is 35.2 Å². The Bertz CT molecular complexity index is 705. The molecule has 2 rings (SSSR count). The summed E-state index contributed by atoms with van der Waals surface area (Å²) in [4.78, 5) is 25.2. The normalized spacial score (nSPS) is 26.2. The number of carbonyl (C=O) groups is 2. The molecule has 2 saturated heterocycles. The van der Waals surface area contributed by atoms with Crippen molar-refractivity contribution in [3.05, 3.63) is 0 Å². The van der Waals surface area contributed by atoms with Crippen LogP contribution in [0.25, 0.3) is 0 Å². The second-order valence-corrected chi connectivity index (χ2v) is 12.1. The summed E-state index contributed by atoms with van der Waals surface area (Å²) in [5, 5.41) is 54.3. The highest BCUT2D eigenvalue weighted by Gasteiger charge is 2.63. The number of carbonyl (C=O) groups excluding carboxylic acids is 2. The minimum absolute atomic E-state index is 0.116. The Hall–Kier alpha value is -1.38. The number of hydrogen-bond acceptors (Lipinski definition) is 12. The van der Waals surface area contributed by atoms with Crippen LogP contribution >= 0.6 is 0 Å². The van der Waals surface area contributed by atoms with Crippen LogP contribution in [0.1, 0.15) is 81.1 Å². The Kier molecular flexibility index (Phi) is 7.32. The van der Waals surface area contributed by atoms with Crippen molar-refractivity contribution >= 4 is 11.9 Å². The highest BCUT2D eigenvalue weighted by molar-refractivity contribution is 5.89. The molecule has 12 nitrogen and oxygen atoms in total. The van der Waals surface area contributed by atoms with Gasteiger partial charge in [-0.2, -0.15) is 5.06 Å². The first-order valence-corrected chi connectivity index (χ1v) is 11.3. The highest BCUT2D eigenvalue weighted by Crippen LogP contribution is 2.40. The van der Waals surface area contributed by atoms with Crippen molar-refractivity contribution in [2.24, 2.45) is 5.84 Å². The van der Waals surface area contributed by atoms with Gasteiger partial charge in [-0.1, -0.05) is 0 Å². The van der Waals surface area contributed by atoms with Crippen molar-refractivity contribution < 1.29 is 44.7 Å². The van der Waals surface area contributed by atoms with E-state index in [1.165, 1.54) is 0 Å². The third kappa shape index (κ3) is 5.24. The Morgan fingerprint density at radius 1 is 0.706 bits per heavy atom. The van der Waals surface area contributed by atoms with E-state index in [1.54, 1.807) is 32.7 Å². The van der Waals surface area contributed by atoms with Crippen molar-refractivity contribution in [1.29, 1.82) is 0 Å². The summed E-state index contributed by atoms with van der Waals surface area (Å²) in [5.74, 6) is -5.48. The summed E-state index contributed by atoms with van der Waals surface area (Å²) >= 11 is 0. The van der Waals surface area contributed by atoms with Crippen LogP contribution in [0.5, 0.6) is 0 Å². The van der Waals surface area contributed by atoms with E-state index >= 15 is 0 Å². The number of esters is 2. The van der Waals surface area contributed by atoms with Gasteiger partial charge in [-0.05, 0) is 55.4 Å². The number of ether oxygens (including phenoxy) is 2. The first-order valence-electron chi connectivity index (χ1n) is 11.3. The van der Waals surface area contributed by atoms with Gasteiger partial charge in [0, 0.05) is 47.8 Å². The van der Waals surface area contributed by atoms with E-state index in [0.717, 1.165) is 5.06 Å². The van der Waals surface area contributed by atoms with Gasteiger partial charge in [-0.15, -0.1) is 0 Å². The van der Waals surface area contributed by atoms with Crippen molar-refractivity contribution in [2.45, 2.75) is 127 Å². The first-order chi connectivity index (χ1) is 15.0. The van der Waals surface area contributed by atoms with E-state index in [-0.39, 0.29) is 25.7 Å². The summed E-state index contributed by atoms with van der Waals surface area (Å²) in [7, 11) is 0. The van der Waals surface area contributed by atoms with Crippen LogP contribution in [0.2, 0.25) is 0 Å². The third-order valence-electron chi connectivity index (χ3n) is 6.96. The number of nitrogens with zero attached hydrogens (tertiary/aromatic N) is 2. The fourth-order valence-electron chi connectivity index (χ4n) is 5.30. The highest BCUT2D eigenvalue weighted by atomic mass is 16.7. The molecule has 0 saturated carbocycles. The molecule has 0 unspecified atom stereocenters. The molecule has 0 radical (unpaired) electrons. The zero-order valence-corrected chi connectivity index (χ0v) is 21.3. The number of hydrazine groups is 1. The summed E-state index contributed by atoms with van der Waals surface area (Å²) in [6, 6.07) is 0. The fraction of sp³-hybridized carbons (Fsp3) is 0.909. The van der Waals surface area contributed by atoms with E-state index in [1.807, 2.05) is 27.7 Å². The van der Waals surface area contributed by atoms with Crippen LogP contribution in [-0.2, 0) is 19.1 Å². The van der Waals surface area contributed by atoms with Crippen LogP contribution in [-0.4, -0.2) is 93.6 Å². The summed E-state index contributed by atoms with van der Waals surface area (Å²) < 4.78 is 10.3. The van der Waals surface area contributed by atoms with Gasteiger partial charge >= 0.3 is 23.5 Å². The molecule has 12 heteroatoms. The van der Waals surface area contributed by atoms with Gasteiger partial charge < -0.3 is 35.1 Å². The monoisotopic (exact) mass is 491 g/mol. The summed E-state index contributed by atoms with van der Waals surface area (Å²) in [6.07, 6.45) is -1.05. The Morgan fingerprint density at radius 2 is 0.971 bits per heavy atom. The van der Waals surface area contributed by atoms with Gasteiger partial charge in [0.2, 0.25) is 0 Å². The predicted molar refractivity (Wildman–Crippen MR) is 119 cm³/mol. The van der Waals surface area contributed by atoms with Crippen LogP contribution in [0, 0.1) is 0 Å². The standard InChI is InChI=1S/C22H41N3O9/c1-17(2)9-13(10-18(3,4)24(17)23)33-15(26)21(28,29)22(30,31)16(27)34-14-11-19(5,6)25(32)20(7,8)12-14/h13-14,28-32H,9-12,23H2,1-8H3. The number of piperidine rings is 2. The Morgan fingerprint density at radius 3 is 1.26 bits per heavy atom. The Labute approximate surface area is 200 Å². The van der Waals surface area contributed by atoms with Gasteiger partial charge in [-0.25, -0.2) is 14.6 Å². The van der Waals surface area contributed by atoms with E-state index in [2.05, 4.69) is 0 Å². The van der Waals surface area contributed by atoms with Crippen LogP contribution in [0.15, 0.2) is 0 Å². The second-order valence-electron chi connectivity index (χ2n) is 12.1. The van der Waals surface area contributed by atoms with Crippen LogP contribution in [0.4, 0.5) is 0 Å². The zero-order chi connectivity index (χ0) is 26.7. The lowest BCUT2D eigenvalue weighted by Crippen LogP contribution is -2.68. The average Bonchev–Trinajstić information content (AvgIpc) is 2.62. The second kappa shape index (κ2) is 8.63. The molecular weight excluding hydrogens is 450 g/mol. The molecule has 198 valence electrons. The molecule has 7 N–H and O–H groups in total. The number of rotatable bonds is 5. The topological polar surface area (TPSA) is 186 Å². The lowest BCUT2D eigenvalue weighted by atomic mass is 9.80. The molecule has 0 atom stereocenters. The molecule has 34 heavy (non-hydrogen) atoms. The molecule has 2 fully saturated rings. The molecule has 0 bridgehead atoms. The largest absolute Gasteiger partial charge is 0.458 e. The maximum atomic E-state index is 12.6. The molecule has 0 aromatic carbocycles. The fourth-order valence-corrected chi connectivity index (χ4v) is 5.30. The van der Waals surface area contributed by atoms with E-state index in [0.29, 0.717) is 0 Å². The van der Waals surface area contributed by atoms with Crippen molar-refractivity contribution in [1.82, 2.24) is 10.1 Å². The molecule has 0 spiro atoms. The van der Waals surface area contributed by atoms with Crippen LogP contribution in [0.3, 0.4) is 0 Å². The minimum Gasteiger partial charge on any atom is -0.458 e. The third-order valence-corrected chi connectivity index (χ3v) is 6.96.